The quantitative estimate of drug-likeness (QED) is 0.447. The molecule has 110 valence electrons. The van der Waals surface area contributed by atoms with Crippen molar-refractivity contribution in [3.05, 3.63) is 33.9 Å². The van der Waals surface area contributed by atoms with Crippen LogP contribution in [0.15, 0.2) is 18.2 Å². The number of nitrogens with zero attached hydrogens (tertiary/aromatic N) is 1. The molecule has 0 unspecified atom stereocenters. The molecule has 1 fully saturated rings. The highest BCUT2D eigenvalue weighted by Crippen LogP contribution is 2.30. The van der Waals surface area contributed by atoms with Crippen molar-refractivity contribution < 1.29 is 9.66 Å². The Bertz CT molecular complexity index is 458. The average Bonchev–Trinajstić information content (AvgIpc) is 2.37. The lowest BCUT2D eigenvalue weighted by Crippen LogP contribution is -2.13. The summed E-state index contributed by atoms with van der Waals surface area (Å²) in [7, 11) is 0. The Morgan fingerprint density at radius 2 is 2.25 bits per heavy atom. The molecular weight excluding hydrogens is 256 g/mol. The van der Waals surface area contributed by atoms with E-state index in [0.717, 1.165) is 24.5 Å². The molecule has 20 heavy (non-hydrogen) atoms. The van der Waals surface area contributed by atoms with Crippen molar-refractivity contribution in [2.75, 3.05) is 18.5 Å². The van der Waals surface area contributed by atoms with E-state index >= 15 is 0 Å². The third-order valence-corrected chi connectivity index (χ3v) is 3.83. The third-order valence-electron chi connectivity index (χ3n) is 3.83. The number of nitro benzene ring substituents is 1. The topological polar surface area (TPSA) is 64.4 Å². The molecule has 0 aliphatic heterocycles. The second-order valence-corrected chi connectivity index (χ2v) is 5.24. The van der Waals surface area contributed by atoms with Crippen molar-refractivity contribution in [3.8, 4) is 0 Å². The van der Waals surface area contributed by atoms with Crippen LogP contribution in [0.25, 0.3) is 0 Å². The summed E-state index contributed by atoms with van der Waals surface area (Å²) in [5.41, 5.74) is 1.56. The molecule has 0 bridgehead atoms. The van der Waals surface area contributed by atoms with Crippen molar-refractivity contribution in [1.82, 2.24) is 0 Å². The number of nitrogens with one attached hydrogen (secondary N) is 1. The SMILES string of the molecule is CCNc1c(COCCC2CCC2)cccc1[N+](=O)[O-]. The summed E-state index contributed by atoms with van der Waals surface area (Å²) in [4.78, 5) is 10.7. The molecule has 1 saturated carbocycles. The van der Waals surface area contributed by atoms with Gasteiger partial charge in [-0.05, 0) is 19.3 Å². The lowest BCUT2D eigenvalue weighted by atomic mass is 9.83. The van der Waals surface area contributed by atoms with Gasteiger partial charge in [0.2, 0.25) is 0 Å². The minimum atomic E-state index is -0.351. The molecule has 5 nitrogen and oxygen atoms in total. The summed E-state index contributed by atoms with van der Waals surface area (Å²) in [6.45, 7) is 3.74. The van der Waals surface area contributed by atoms with Crippen molar-refractivity contribution >= 4 is 11.4 Å². The minimum absolute atomic E-state index is 0.118. The monoisotopic (exact) mass is 278 g/mol. The largest absolute Gasteiger partial charge is 0.379 e. The first-order valence-corrected chi connectivity index (χ1v) is 7.30. The third kappa shape index (κ3) is 3.70. The van der Waals surface area contributed by atoms with Gasteiger partial charge in [-0.1, -0.05) is 31.4 Å². The molecule has 0 atom stereocenters. The molecule has 0 saturated heterocycles. The molecule has 0 amide bonds. The van der Waals surface area contributed by atoms with Crippen molar-refractivity contribution in [1.29, 1.82) is 0 Å². The van der Waals surface area contributed by atoms with E-state index in [9.17, 15) is 10.1 Å². The molecule has 1 aliphatic rings. The van der Waals surface area contributed by atoms with Crippen molar-refractivity contribution in [2.45, 2.75) is 39.2 Å². The molecule has 0 radical (unpaired) electrons. The molecule has 1 aromatic rings. The van der Waals surface area contributed by atoms with Gasteiger partial charge in [0.1, 0.15) is 5.69 Å². The number of anilines is 1. The highest BCUT2D eigenvalue weighted by molar-refractivity contribution is 5.66. The number of rotatable bonds is 8. The number of hydrogen-bond donors (Lipinski definition) is 1. The smallest absolute Gasteiger partial charge is 0.292 e. The predicted molar refractivity (Wildman–Crippen MR) is 78.9 cm³/mol. The van der Waals surface area contributed by atoms with E-state index in [4.69, 9.17) is 4.74 Å². The minimum Gasteiger partial charge on any atom is -0.379 e. The number of nitro groups is 1. The Kier molecular flexibility index (Phi) is 5.35. The summed E-state index contributed by atoms with van der Waals surface area (Å²) in [6.07, 6.45) is 5.09. The van der Waals surface area contributed by atoms with Gasteiger partial charge in [0.05, 0.1) is 11.5 Å². The number of hydrogen-bond acceptors (Lipinski definition) is 4. The molecule has 2 rings (SSSR count). The Labute approximate surface area is 119 Å². The van der Waals surface area contributed by atoms with Crippen LogP contribution >= 0.6 is 0 Å². The van der Waals surface area contributed by atoms with Gasteiger partial charge in [0.15, 0.2) is 0 Å². The van der Waals surface area contributed by atoms with E-state index < -0.39 is 0 Å². The van der Waals surface area contributed by atoms with E-state index in [-0.39, 0.29) is 10.6 Å². The molecule has 1 aliphatic carbocycles. The number of para-hydroxylation sites is 1. The maximum Gasteiger partial charge on any atom is 0.292 e. The Hall–Kier alpha value is -1.62. The molecular formula is C15H22N2O3. The summed E-state index contributed by atoms with van der Waals surface area (Å²) < 4.78 is 5.69. The van der Waals surface area contributed by atoms with Crippen molar-refractivity contribution in [3.63, 3.8) is 0 Å². The first kappa shape index (κ1) is 14.8. The van der Waals surface area contributed by atoms with Gasteiger partial charge >= 0.3 is 0 Å². The van der Waals surface area contributed by atoms with E-state index in [1.807, 2.05) is 13.0 Å². The average molecular weight is 278 g/mol. The fraction of sp³-hybridized carbons (Fsp3) is 0.600. The second-order valence-electron chi connectivity index (χ2n) is 5.24. The van der Waals surface area contributed by atoms with Crippen LogP contribution in [0.3, 0.4) is 0 Å². The molecule has 0 aromatic heterocycles. The summed E-state index contributed by atoms with van der Waals surface area (Å²) >= 11 is 0. The molecule has 0 spiro atoms. The van der Waals surface area contributed by atoms with Crippen LogP contribution in [0, 0.1) is 16.0 Å². The van der Waals surface area contributed by atoms with Crippen LogP contribution in [0.2, 0.25) is 0 Å². The van der Waals surface area contributed by atoms with Crippen LogP contribution in [-0.4, -0.2) is 18.1 Å². The van der Waals surface area contributed by atoms with Gasteiger partial charge in [-0.15, -0.1) is 0 Å². The first-order chi connectivity index (χ1) is 9.72. The normalized spacial score (nSPS) is 14.8. The highest BCUT2D eigenvalue weighted by Gasteiger charge is 2.18. The molecule has 1 aromatic carbocycles. The molecule has 1 N–H and O–H groups in total. The molecule has 0 heterocycles. The van der Waals surface area contributed by atoms with Crippen LogP contribution in [-0.2, 0) is 11.3 Å². The second kappa shape index (κ2) is 7.24. The van der Waals surface area contributed by atoms with Crippen LogP contribution in [0.4, 0.5) is 11.4 Å². The van der Waals surface area contributed by atoms with Crippen LogP contribution in [0.5, 0.6) is 0 Å². The van der Waals surface area contributed by atoms with Gasteiger partial charge in [0.25, 0.3) is 5.69 Å². The Morgan fingerprint density at radius 3 is 2.85 bits per heavy atom. The zero-order valence-electron chi connectivity index (χ0n) is 11.9. The summed E-state index contributed by atoms with van der Waals surface area (Å²) in [5, 5.41) is 14.1. The fourth-order valence-electron chi connectivity index (χ4n) is 2.45. The van der Waals surface area contributed by atoms with E-state index in [1.54, 1.807) is 6.07 Å². The van der Waals surface area contributed by atoms with E-state index in [1.165, 1.54) is 25.3 Å². The zero-order chi connectivity index (χ0) is 14.4. The van der Waals surface area contributed by atoms with Gasteiger partial charge in [0, 0.05) is 24.8 Å². The van der Waals surface area contributed by atoms with Crippen LogP contribution in [0.1, 0.15) is 38.2 Å². The maximum atomic E-state index is 11.0. The van der Waals surface area contributed by atoms with Gasteiger partial charge in [-0.25, -0.2) is 0 Å². The van der Waals surface area contributed by atoms with Crippen LogP contribution < -0.4 is 5.32 Å². The Balaban J connectivity index is 1.94. The van der Waals surface area contributed by atoms with Gasteiger partial charge < -0.3 is 10.1 Å². The van der Waals surface area contributed by atoms with Gasteiger partial charge in [-0.2, -0.15) is 0 Å². The van der Waals surface area contributed by atoms with Crippen molar-refractivity contribution in [2.24, 2.45) is 5.92 Å². The van der Waals surface area contributed by atoms with E-state index in [0.29, 0.717) is 18.8 Å². The summed E-state index contributed by atoms with van der Waals surface area (Å²) in [5.74, 6) is 0.827. The lowest BCUT2D eigenvalue weighted by Gasteiger charge is -2.24. The Morgan fingerprint density at radius 1 is 1.45 bits per heavy atom. The standard InChI is InChI=1S/C15H22N2O3/c1-2-16-15-13(7-4-8-14(15)17(18)19)11-20-10-9-12-5-3-6-12/h4,7-8,12,16H,2-3,5-6,9-11H2,1H3. The first-order valence-electron chi connectivity index (χ1n) is 7.30. The number of ether oxygens (including phenoxy) is 1. The highest BCUT2D eigenvalue weighted by atomic mass is 16.6. The fourth-order valence-corrected chi connectivity index (χ4v) is 2.45. The van der Waals surface area contributed by atoms with Gasteiger partial charge in [-0.3, -0.25) is 10.1 Å². The summed E-state index contributed by atoms with van der Waals surface area (Å²) in [6, 6.07) is 5.12. The van der Waals surface area contributed by atoms with E-state index in [2.05, 4.69) is 5.32 Å². The zero-order valence-corrected chi connectivity index (χ0v) is 11.9. The number of benzene rings is 1. The predicted octanol–water partition coefficient (Wildman–Crippen LogP) is 3.73. The maximum absolute atomic E-state index is 11.0. The lowest BCUT2D eigenvalue weighted by molar-refractivity contribution is -0.384. The molecule has 5 heteroatoms.